The van der Waals surface area contributed by atoms with Crippen molar-refractivity contribution in [3.63, 3.8) is 0 Å². The minimum absolute atomic E-state index is 0.0224. The smallest absolute Gasteiger partial charge is 0.332 e. The third-order valence-corrected chi connectivity index (χ3v) is 7.69. The van der Waals surface area contributed by atoms with Gasteiger partial charge in [0.1, 0.15) is 18.5 Å². The number of carbonyl (C=O) groups excluding carboxylic acids is 2. The summed E-state index contributed by atoms with van der Waals surface area (Å²) in [6.07, 6.45) is 6.09. The van der Waals surface area contributed by atoms with Crippen LogP contribution in [-0.4, -0.2) is 72.1 Å². The molecule has 41 heavy (non-hydrogen) atoms. The highest BCUT2D eigenvalue weighted by Crippen LogP contribution is 2.45. The minimum atomic E-state index is -0.895. The van der Waals surface area contributed by atoms with Gasteiger partial charge in [-0.1, -0.05) is 6.07 Å². The van der Waals surface area contributed by atoms with Crippen molar-refractivity contribution in [2.24, 2.45) is 18.9 Å². The number of hydrogen-bond acceptors (Lipinski definition) is 10. The van der Waals surface area contributed by atoms with Crippen LogP contribution in [0.5, 0.6) is 0 Å². The van der Waals surface area contributed by atoms with Crippen LogP contribution >= 0.6 is 0 Å². The second-order valence-electron chi connectivity index (χ2n) is 10.5. The molecule has 6 rings (SSSR count). The Morgan fingerprint density at radius 3 is 2.56 bits per heavy atom. The van der Waals surface area contributed by atoms with Gasteiger partial charge >= 0.3 is 5.69 Å². The van der Waals surface area contributed by atoms with Crippen molar-refractivity contribution in [2.45, 2.75) is 25.9 Å². The van der Waals surface area contributed by atoms with Gasteiger partial charge in [0, 0.05) is 45.2 Å². The number of rotatable bonds is 9. The number of carbonyl (C=O) groups is 2. The number of aryl methyl sites for hydroxylation is 1. The largest absolute Gasteiger partial charge is 0.377 e. The highest BCUT2D eigenvalue weighted by Gasteiger charge is 2.45. The number of Topliss-reactive ketones (excluding diaryl/α,β-unsaturated/α-hetero) is 1. The highest BCUT2D eigenvalue weighted by atomic mass is 16.5. The Morgan fingerprint density at radius 1 is 1.12 bits per heavy atom. The molecule has 0 aromatic carbocycles. The Labute approximate surface area is 233 Å². The Balaban J connectivity index is 1.22. The van der Waals surface area contributed by atoms with Gasteiger partial charge < -0.3 is 19.5 Å². The van der Waals surface area contributed by atoms with Gasteiger partial charge in [0.2, 0.25) is 11.9 Å². The molecular weight excluding hydrogens is 530 g/mol. The average Bonchev–Trinajstić information content (AvgIpc) is 3.35. The number of fused-ring (bicyclic) bond motifs is 2. The molecule has 1 saturated carbocycles. The maximum Gasteiger partial charge on any atom is 0.332 e. The molecule has 3 unspecified atom stereocenters. The van der Waals surface area contributed by atoms with E-state index in [4.69, 9.17) is 4.74 Å². The van der Waals surface area contributed by atoms with E-state index in [-0.39, 0.29) is 17.8 Å². The third kappa shape index (κ3) is 4.90. The Bertz CT molecular complexity index is 1760. The lowest BCUT2D eigenvalue weighted by Crippen LogP contribution is -2.42. The van der Waals surface area contributed by atoms with Gasteiger partial charge in [-0.2, -0.15) is 0 Å². The fourth-order valence-corrected chi connectivity index (χ4v) is 5.31. The van der Waals surface area contributed by atoms with Crippen molar-refractivity contribution in [1.29, 1.82) is 0 Å². The lowest BCUT2D eigenvalue weighted by Gasteiger charge is -2.17. The number of ether oxygens (including phenoxy) is 1. The van der Waals surface area contributed by atoms with E-state index in [1.165, 1.54) is 36.0 Å². The third-order valence-electron chi connectivity index (χ3n) is 7.69. The maximum absolute atomic E-state index is 13.3. The summed E-state index contributed by atoms with van der Waals surface area (Å²) in [4.78, 5) is 71.4. The number of imidazole rings is 1. The molecule has 2 fully saturated rings. The Hall–Kier alpha value is -4.72. The lowest BCUT2D eigenvalue weighted by molar-refractivity contribution is -0.123. The number of anilines is 2. The van der Waals surface area contributed by atoms with Crippen LogP contribution in [0, 0.1) is 11.8 Å². The van der Waals surface area contributed by atoms with Crippen LogP contribution in [0.4, 0.5) is 11.8 Å². The molecule has 2 aliphatic rings. The first kappa shape index (κ1) is 26.5. The summed E-state index contributed by atoms with van der Waals surface area (Å²) in [5, 5.41) is 2.78. The Kier molecular flexibility index (Phi) is 6.69. The van der Waals surface area contributed by atoms with Gasteiger partial charge in [0.15, 0.2) is 16.9 Å². The molecule has 1 aliphatic heterocycles. The molecule has 0 bridgehead atoms. The van der Waals surface area contributed by atoms with Gasteiger partial charge in [-0.3, -0.25) is 23.5 Å². The van der Waals surface area contributed by atoms with Crippen molar-refractivity contribution in [2.75, 3.05) is 37.0 Å². The van der Waals surface area contributed by atoms with E-state index in [1.807, 2.05) is 0 Å². The summed E-state index contributed by atoms with van der Waals surface area (Å²) in [5.41, 5.74) is 0.0211. The number of aromatic nitrogens is 7. The zero-order valence-electron chi connectivity index (χ0n) is 22.9. The van der Waals surface area contributed by atoms with E-state index in [2.05, 4.69) is 30.2 Å². The first-order valence-electron chi connectivity index (χ1n) is 13.3. The summed E-state index contributed by atoms with van der Waals surface area (Å²) in [6.45, 7) is 2.91. The summed E-state index contributed by atoms with van der Waals surface area (Å²) >= 11 is 0. The molecule has 212 valence electrons. The number of methoxy groups -OCH3 is 1. The van der Waals surface area contributed by atoms with E-state index >= 15 is 0 Å². The van der Waals surface area contributed by atoms with Crippen LogP contribution in [0.3, 0.4) is 0 Å². The molecule has 4 aromatic heterocycles. The second-order valence-corrected chi connectivity index (χ2v) is 10.5. The molecule has 0 radical (unpaired) electrons. The molecule has 1 saturated heterocycles. The van der Waals surface area contributed by atoms with Crippen LogP contribution in [0.2, 0.25) is 0 Å². The summed E-state index contributed by atoms with van der Waals surface area (Å²) in [6, 6.07) is 4.33. The monoisotopic (exact) mass is 559 g/mol. The molecule has 5 heterocycles. The standard InChI is InChI=1S/C27H29N9O5/c1-15(36-14-30-23-22(36)25(39)35(27(40)33(23)2)12-19(37)13-41-3)24(38)32-21-6-4-5-20(31-21)18-8-28-26(29-9-18)34-10-16-7-17(16)11-34/h4-6,8-9,14-17H,7,10-13H2,1-3H3,(H,31,32,38). The molecule has 1 N–H and O–H groups in total. The van der Waals surface area contributed by atoms with Crippen LogP contribution in [0.1, 0.15) is 19.4 Å². The van der Waals surface area contributed by atoms with Gasteiger partial charge in [0.05, 0.1) is 18.6 Å². The molecule has 3 atom stereocenters. The normalized spacial score (nSPS) is 18.4. The molecule has 0 spiro atoms. The first-order valence-corrected chi connectivity index (χ1v) is 13.3. The number of ketones is 1. The van der Waals surface area contributed by atoms with E-state index in [0.717, 1.165) is 29.5 Å². The fourth-order valence-electron chi connectivity index (χ4n) is 5.31. The predicted molar refractivity (Wildman–Crippen MR) is 149 cm³/mol. The van der Waals surface area contributed by atoms with Crippen LogP contribution in [0.15, 0.2) is 46.5 Å². The average molecular weight is 560 g/mol. The number of nitrogens with one attached hydrogen (secondary N) is 1. The van der Waals surface area contributed by atoms with E-state index < -0.39 is 35.5 Å². The predicted octanol–water partition coefficient (Wildman–Crippen LogP) is 0.620. The van der Waals surface area contributed by atoms with Crippen molar-refractivity contribution in [3.8, 4) is 11.3 Å². The zero-order chi connectivity index (χ0) is 28.8. The van der Waals surface area contributed by atoms with Crippen LogP contribution in [-0.2, 0) is 27.9 Å². The summed E-state index contributed by atoms with van der Waals surface area (Å²) < 4.78 is 8.18. The number of hydrogen-bond donors (Lipinski definition) is 1. The number of nitrogens with zero attached hydrogens (tertiary/aromatic N) is 8. The molecule has 14 nitrogen and oxygen atoms in total. The highest BCUT2D eigenvalue weighted by molar-refractivity contribution is 5.93. The molecule has 14 heteroatoms. The number of pyridine rings is 1. The van der Waals surface area contributed by atoms with E-state index in [0.29, 0.717) is 23.0 Å². The number of piperidine rings is 1. The lowest BCUT2D eigenvalue weighted by atomic mass is 10.2. The van der Waals surface area contributed by atoms with E-state index in [9.17, 15) is 19.2 Å². The maximum atomic E-state index is 13.3. The topological polar surface area (TPSA) is 159 Å². The zero-order valence-corrected chi connectivity index (χ0v) is 22.9. The van der Waals surface area contributed by atoms with Crippen molar-refractivity contribution in [1.82, 2.24) is 33.6 Å². The fraction of sp³-hybridized carbons (Fsp3) is 0.407. The van der Waals surface area contributed by atoms with Gasteiger partial charge in [-0.15, -0.1) is 0 Å². The van der Waals surface area contributed by atoms with Gasteiger partial charge in [0.25, 0.3) is 5.56 Å². The first-order chi connectivity index (χ1) is 19.7. The van der Waals surface area contributed by atoms with Crippen LogP contribution in [0.25, 0.3) is 22.4 Å². The second kappa shape index (κ2) is 10.4. The van der Waals surface area contributed by atoms with E-state index in [1.54, 1.807) is 37.5 Å². The molecule has 4 aromatic rings. The summed E-state index contributed by atoms with van der Waals surface area (Å²) in [5.74, 6) is 1.68. The van der Waals surface area contributed by atoms with Gasteiger partial charge in [-0.25, -0.2) is 24.7 Å². The van der Waals surface area contributed by atoms with Crippen molar-refractivity contribution in [3.05, 3.63) is 57.8 Å². The minimum Gasteiger partial charge on any atom is -0.377 e. The summed E-state index contributed by atoms with van der Waals surface area (Å²) in [7, 11) is 2.80. The van der Waals surface area contributed by atoms with Crippen molar-refractivity contribution < 1.29 is 14.3 Å². The SMILES string of the molecule is COCC(=O)Cn1c(=O)c2c(ncn2C(C)C(=O)Nc2cccc(-c3cnc(N4CC5CC5C4)nc3)n2)n(C)c1=O. The molecule has 1 aliphatic carbocycles. The molecular formula is C27H29N9O5. The Morgan fingerprint density at radius 2 is 1.85 bits per heavy atom. The number of amides is 1. The quantitative estimate of drug-likeness (QED) is 0.308. The van der Waals surface area contributed by atoms with Crippen molar-refractivity contribution >= 4 is 34.6 Å². The van der Waals surface area contributed by atoms with Gasteiger partial charge in [-0.05, 0) is 37.3 Å². The molecule has 1 amide bonds. The van der Waals surface area contributed by atoms with Crippen LogP contribution < -0.4 is 21.5 Å².